The molecule has 0 radical (unpaired) electrons. The summed E-state index contributed by atoms with van der Waals surface area (Å²) in [6, 6.07) is 0. The predicted molar refractivity (Wildman–Crippen MR) is 60.5 cm³/mol. The molecule has 15 heavy (non-hydrogen) atoms. The van der Waals surface area contributed by atoms with Crippen LogP contribution in [0.2, 0.25) is 6.55 Å². The summed E-state index contributed by atoms with van der Waals surface area (Å²) in [5, 5.41) is 0. The molecule has 0 aromatic heterocycles. The molecule has 0 aromatic rings. The van der Waals surface area contributed by atoms with Crippen LogP contribution in [0.3, 0.4) is 0 Å². The Morgan fingerprint density at radius 2 is 1.67 bits per heavy atom. The van der Waals surface area contributed by atoms with E-state index in [-0.39, 0.29) is 5.97 Å². The third-order valence-electron chi connectivity index (χ3n) is 1.85. The van der Waals surface area contributed by atoms with Gasteiger partial charge in [0.15, 0.2) is 0 Å². The average Bonchev–Trinajstić information content (AvgIpc) is 2.15. The van der Waals surface area contributed by atoms with Gasteiger partial charge in [-0.2, -0.15) is 0 Å². The van der Waals surface area contributed by atoms with Gasteiger partial charge in [0.05, 0.1) is 0 Å². The topological polar surface area (TPSA) is 44.8 Å². The van der Waals surface area contributed by atoms with Crippen LogP contribution in [-0.4, -0.2) is 28.0 Å². The molecule has 0 spiro atoms. The summed E-state index contributed by atoms with van der Waals surface area (Å²) in [6.07, 6.45) is 2.28. The van der Waals surface area contributed by atoms with Crippen LogP contribution in [-0.2, 0) is 18.1 Å². The van der Waals surface area contributed by atoms with Gasteiger partial charge in [-0.25, -0.2) is 0 Å². The zero-order valence-corrected chi connectivity index (χ0v) is 11.2. The second-order valence-electron chi connectivity index (χ2n) is 3.31. The summed E-state index contributed by atoms with van der Waals surface area (Å²) in [5.74, 6) is -0.215. The fourth-order valence-corrected chi connectivity index (χ4v) is 2.97. The van der Waals surface area contributed by atoms with Crippen molar-refractivity contribution < 1.29 is 18.1 Å². The summed E-state index contributed by atoms with van der Waals surface area (Å²) in [7, 11) is -2.71. The van der Waals surface area contributed by atoms with Gasteiger partial charge in [0, 0.05) is 26.2 Å². The first kappa shape index (κ1) is 14.6. The molecule has 90 valence electrons. The molecule has 5 heteroatoms. The summed E-state index contributed by atoms with van der Waals surface area (Å²) in [4.78, 5) is 11.4. The Labute approximate surface area is 93.3 Å². The average molecular weight is 234 g/mol. The highest BCUT2D eigenvalue weighted by molar-refractivity contribution is 6.60. The lowest BCUT2D eigenvalue weighted by Crippen LogP contribution is -2.44. The molecule has 0 saturated heterocycles. The lowest BCUT2D eigenvalue weighted by atomic mass is 10.3. The van der Waals surface area contributed by atoms with Crippen molar-refractivity contribution in [3.05, 3.63) is 0 Å². The van der Waals surface area contributed by atoms with Crippen LogP contribution >= 0.6 is 0 Å². The Balaban J connectivity index is 4.08. The molecule has 0 unspecified atom stereocenters. The molecule has 0 aromatic carbocycles. The Hall–Kier alpha value is -0.393. The van der Waals surface area contributed by atoms with Gasteiger partial charge in [0.25, 0.3) is 5.97 Å². The van der Waals surface area contributed by atoms with Gasteiger partial charge in [-0.1, -0.05) is 13.3 Å². The third kappa shape index (κ3) is 6.65. The largest absolute Gasteiger partial charge is 0.564 e. The maximum absolute atomic E-state index is 11.4. The number of unbranched alkanes of at least 4 members (excludes halogenated alkanes) is 1. The minimum atomic E-state index is -2.71. The van der Waals surface area contributed by atoms with Crippen LogP contribution in [0.4, 0.5) is 0 Å². The SMILES string of the molecule is CCCCC(=O)O[Si](C)(OCC)OCC. The minimum absolute atomic E-state index is 0.215. The molecule has 0 bridgehead atoms. The molecule has 0 aliphatic rings. The molecule has 0 heterocycles. The molecular formula is C10H22O4Si. The highest BCUT2D eigenvalue weighted by Crippen LogP contribution is 2.11. The minimum Gasteiger partial charge on any atom is -0.473 e. The number of rotatable bonds is 8. The highest BCUT2D eigenvalue weighted by Gasteiger charge is 2.38. The molecule has 4 nitrogen and oxygen atoms in total. The molecule has 0 N–H and O–H groups in total. The van der Waals surface area contributed by atoms with E-state index in [1.807, 2.05) is 20.8 Å². The van der Waals surface area contributed by atoms with Gasteiger partial charge >= 0.3 is 8.80 Å². The Morgan fingerprint density at radius 3 is 2.07 bits per heavy atom. The molecule has 0 saturated carbocycles. The van der Waals surface area contributed by atoms with Crippen molar-refractivity contribution in [2.45, 2.75) is 46.6 Å². The third-order valence-corrected chi connectivity index (χ3v) is 4.07. The quantitative estimate of drug-likeness (QED) is 0.605. The molecule has 0 amide bonds. The van der Waals surface area contributed by atoms with Crippen molar-refractivity contribution in [3.8, 4) is 0 Å². The summed E-state index contributed by atoms with van der Waals surface area (Å²) < 4.78 is 16.1. The van der Waals surface area contributed by atoms with Crippen molar-refractivity contribution in [2.75, 3.05) is 13.2 Å². The van der Waals surface area contributed by atoms with Crippen LogP contribution in [0.1, 0.15) is 40.0 Å². The highest BCUT2D eigenvalue weighted by atomic mass is 28.4. The van der Waals surface area contributed by atoms with E-state index in [4.69, 9.17) is 13.3 Å². The van der Waals surface area contributed by atoms with Crippen LogP contribution in [0, 0.1) is 0 Å². The van der Waals surface area contributed by atoms with Crippen molar-refractivity contribution in [1.82, 2.24) is 0 Å². The first-order valence-corrected chi connectivity index (χ1v) is 7.80. The number of carbonyl (C=O) groups is 1. The van der Waals surface area contributed by atoms with Gasteiger partial charge < -0.3 is 13.3 Å². The van der Waals surface area contributed by atoms with E-state index in [1.165, 1.54) is 0 Å². The van der Waals surface area contributed by atoms with Crippen molar-refractivity contribution >= 4 is 14.8 Å². The fraction of sp³-hybridized carbons (Fsp3) is 0.900. The molecular weight excluding hydrogens is 212 g/mol. The van der Waals surface area contributed by atoms with Gasteiger partial charge in [0.1, 0.15) is 0 Å². The summed E-state index contributed by atoms with van der Waals surface area (Å²) in [5.41, 5.74) is 0. The monoisotopic (exact) mass is 234 g/mol. The van der Waals surface area contributed by atoms with Gasteiger partial charge in [0.2, 0.25) is 0 Å². The van der Waals surface area contributed by atoms with Crippen LogP contribution < -0.4 is 0 Å². The molecule has 0 rings (SSSR count). The van der Waals surface area contributed by atoms with E-state index in [0.29, 0.717) is 19.6 Å². The number of hydrogen-bond acceptors (Lipinski definition) is 4. The van der Waals surface area contributed by atoms with Gasteiger partial charge in [-0.05, 0) is 20.3 Å². The Morgan fingerprint density at radius 1 is 1.13 bits per heavy atom. The standard InChI is InChI=1S/C10H22O4Si/c1-5-8-9-10(11)14-15(4,12-6-2)13-7-3/h5-9H2,1-4H3. The van der Waals surface area contributed by atoms with Crippen LogP contribution in [0.25, 0.3) is 0 Å². The number of hydrogen-bond donors (Lipinski definition) is 0. The molecule has 0 aliphatic carbocycles. The normalized spacial score (nSPS) is 11.5. The van der Waals surface area contributed by atoms with E-state index in [0.717, 1.165) is 12.8 Å². The number of carbonyl (C=O) groups excluding carboxylic acids is 1. The van der Waals surface area contributed by atoms with Crippen LogP contribution in [0.15, 0.2) is 0 Å². The Kier molecular flexibility index (Phi) is 7.64. The smallest absolute Gasteiger partial charge is 0.473 e. The summed E-state index contributed by atoms with van der Waals surface area (Å²) in [6.45, 7) is 8.53. The molecule has 0 fully saturated rings. The lowest BCUT2D eigenvalue weighted by molar-refractivity contribution is -0.139. The maximum atomic E-state index is 11.4. The van der Waals surface area contributed by atoms with E-state index in [9.17, 15) is 4.79 Å². The van der Waals surface area contributed by atoms with E-state index < -0.39 is 8.80 Å². The second-order valence-corrected chi connectivity index (χ2v) is 5.81. The molecule has 0 aliphatic heterocycles. The summed E-state index contributed by atoms with van der Waals surface area (Å²) >= 11 is 0. The van der Waals surface area contributed by atoms with Crippen LogP contribution in [0.5, 0.6) is 0 Å². The van der Waals surface area contributed by atoms with Gasteiger partial charge in [-0.3, -0.25) is 4.79 Å². The van der Waals surface area contributed by atoms with Crippen molar-refractivity contribution in [1.29, 1.82) is 0 Å². The zero-order valence-electron chi connectivity index (χ0n) is 10.2. The molecule has 0 atom stereocenters. The van der Waals surface area contributed by atoms with E-state index in [2.05, 4.69) is 0 Å². The fourth-order valence-electron chi connectivity index (χ4n) is 1.20. The van der Waals surface area contributed by atoms with Crippen molar-refractivity contribution in [2.24, 2.45) is 0 Å². The maximum Gasteiger partial charge on any atom is 0.564 e. The first-order valence-electron chi connectivity index (χ1n) is 5.57. The lowest BCUT2D eigenvalue weighted by Gasteiger charge is -2.24. The van der Waals surface area contributed by atoms with E-state index >= 15 is 0 Å². The van der Waals surface area contributed by atoms with E-state index in [1.54, 1.807) is 6.55 Å². The van der Waals surface area contributed by atoms with Crippen molar-refractivity contribution in [3.63, 3.8) is 0 Å². The first-order chi connectivity index (χ1) is 7.08. The van der Waals surface area contributed by atoms with Gasteiger partial charge in [-0.15, -0.1) is 0 Å². The Bertz CT molecular complexity index is 178. The predicted octanol–water partition coefficient (Wildman–Crippen LogP) is 2.36. The zero-order chi connectivity index (χ0) is 11.7. The second kappa shape index (κ2) is 7.84.